The molecule has 1 atom stereocenters. The number of hydrogen-bond acceptors (Lipinski definition) is 7. The second-order valence-corrected chi connectivity index (χ2v) is 11.4. The van der Waals surface area contributed by atoms with E-state index in [0.29, 0.717) is 17.1 Å². The Morgan fingerprint density at radius 2 is 2.03 bits per heavy atom. The van der Waals surface area contributed by atoms with E-state index in [1.54, 1.807) is 26.0 Å². The smallest absolute Gasteiger partial charge is 0.422 e. The fourth-order valence-electron chi connectivity index (χ4n) is 4.06. The van der Waals surface area contributed by atoms with Crippen molar-refractivity contribution in [2.24, 2.45) is 5.10 Å². The Hall–Kier alpha value is -2.74. The summed E-state index contributed by atoms with van der Waals surface area (Å²) in [6.07, 6.45) is -3.53. The van der Waals surface area contributed by atoms with E-state index in [0.717, 1.165) is 5.01 Å². The van der Waals surface area contributed by atoms with E-state index >= 15 is 0 Å². The maximum absolute atomic E-state index is 13.5. The second-order valence-electron chi connectivity index (χ2n) is 9.15. The molecule has 204 valence electrons. The molecule has 1 aromatic heterocycles. The Labute approximate surface area is 228 Å². The van der Waals surface area contributed by atoms with Crippen LogP contribution in [0.15, 0.2) is 35.6 Å². The molecule has 0 radical (unpaired) electrons. The molecule has 15 heteroatoms. The van der Waals surface area contributed by atoms with Crippen LogP contribution in [0.5, 0.6) is 0 Å². The SMILES string of the molecule is Cc1cc(Cl)cc(C(=O)NC2(C)C[S+]([O-])C2)c1NC(=O)C1CC(OCC(F)(F)F)=NN1c1ncccc1Cl. The van der Waals surface area contributed by atoms with E-state index in [2.05, 4.69) is 20.7 Å². The lowest BCUT2D eigenvalue weighted by Crippen LogP contribution is -2.63. The van der Waals surface area contributed by atoms with Crippen LogP contribution in [0.3, 0.4) is 0 Å². The van der Waals surface area contributed by atoms with E-state index < -0.39 is 47.4 Å². The third kappa shape index (κ3) is 6.45. The van der Waals surface area contributed by atoms with Crippen molar-refractivity contribution in [1.82, 2.24) is 10.3 Å². The average Bonchev–Trinajstić information content (AvgIpc) is 3.22. The molecule has 0 spiro atoms. The summed E-state index contributed by atoms with van der Waals surface area (Å²) in [5.41, 5.74) is 0.0127. The van der Waals surface area contributed by atoms with Gasteiger partial charge in [-0.3, -0.25) is 9.59 Å². The summed E-state index contributed by atoms with van der Waals surface area (Å²) in [4.78, 5) is 30.7. The highest BCUT2D eigenvalue weighted by atomic mass is 35.5. The number of aryl methyl sites for hydroxylation is 1. The Morgan fingerprint density at radius 3 is 2.66 bits per heavy atom. The van der Waals surface area contributed by atoms with Gasteiger partial charge in [-0.05, 0) is 54.9 Å². The third-order valence-corrected chi connectivity index (χ3v) is 8.14. The van der Waals surface area contributed by atoms with Gasteiger partial charge in [0.15, 0.2) is 12.4 Å². The molecular formula is C23H22Cl2F3N5O4S. The molecule has 4 rings (SSSR count). The van der Waals surface area contributed by atoms with Gasteiger partial charge in [-0.1, -0.05) is 23.2 Å². The van der Waals surface area contributed by atoms with Crippen LogP contribution in [-0.4, -0.2) is 63.1 Å². The molecule has 1 fully saturated rings. The topological polar surface area (TPSA) is 119 Å². The standard InChI is InChI=1S/C23H22Cl2F3N5O4S/c1-12-6-13(24)7-14(20(34)31-22(2)10-38(36)11-22)18(12)30-21(35)16-8-17(37-9-23(26,27)28)32-33(16)19-15(25)4-3-5-29-19/h3-7,16H,8-11H2,1-2H3,(H,30,35)(H,31,34). The summed E-state index contributed by atoms with van der Waals surface area (Å²) >= 11 is 11.4. The van der Waals surface area contributed by atoms with Gasteiger partial charge in [0.1, 0.15) is 23.1 Å². The summed E-state index contributed by atoms with van der Waals surface area (Å²) in [7, 11) is 0. The largest absolute Gasteiger partial charge is 0.616 e. The first-order chi connectivity index (χ1) is 17.7. The van der Waals surface area contributed by atoms with Crippen LogP contribution in [-0.2, 0) is 20.7 Å². The maximum atomic E-state index is 13.5. The minimum Gasteiger partial charge on any atom is -0.616 e. The molecule has 0 saturated carbocycles. The zero-order valence-electron chi connectivity index (χ0n) is 20.1. The predicted octanol–water partition coefficient (Wildman–Crippen LogP) is 4.06. The molecule has 2 aliphatic heterocycles. The van der Waals surface area contributed by atoms with E-state index in [4.69, 9.17) is 27.9 Å². The van der Waals surface area contributed by atoms with Gasteiger partial charge >= 0.3 is 6.18 Å². The Kier molecular flexibility index (Phi) is 8.03. The highest BCUT2D eigenvalue weighted by Crippen LogP contribution is 2.32. The Bertz CT molecular complexity index is 1290. The molecule has 3 heterocycles. The quantitative estimate of drug-likeness (QED) is 0.489. The number of pyridine rings is 1. The highest BCUT2D eigenvalue weighted by molar-refractivity contribution is 7.93. The normalized spacial score (nSPS) is 22.9. The number of rotatable bonds is 6. The van der Waals surface area contributed by atoms with Crippen LogP contribution in [0, 0.1) is 6.92 Å². The van der Waals surface area contributed by atoms with Crippen molar-refractivity contribution in [2.75, 3.05) is 28.4 Å². The summed E-state index contributed by atoms with van der Waals surface area (Å²) in [5, 5.41) is 11.0. The van der Waals surface area contributed by atoms with Crippen LogP contribution in [0.4, 0.5) is 24.7 Å². The fourth-order valence-corrected chi connectivity index (χ4v) is 6.02. The van der Waals surface area contributed by atoms with Gasteiger partial charge in [-0.2, -0.15) is 13.2 Å². The monoisotopic (exact) mass is 591 g/mol. The zero-order chi connectivity index (χ0) is 27.8. The third-order valence-electron chi connectivity index (χ3n) is 5.71. The molecule has 1 aromatic carbocycles. The number of hydrogen-bond donors (Lipinski definition) is 2. The molecule has 2 aliphatic rings. The molecule has 1 saturated heterocycles. The molecule has 1 unspecified atom stereocenters. The number of halogens is 5. The van der Waals surface area contributed by atoms with Crippen LogP contribution in [0.25, 0.3) is 0 Å². The zero-order valence-corrected chi connectivity index (χ0v) is 22.4. The van der Waals surface area contributed by atoms with Gasteiger partial charge in [-0.25, -0.2) is 9.99 Å². The van der Waals surface area contributed by atoms with Gasteiger partial charge in [0.2, 0.25) is 11.8 Å². The number of alkyl halides is 3. The lowest BCUT2D eigenvalue weighted by Gasteiger charge is -2.39. The van der Waals surface area contributed by atoms with E-state index in [1.165, 1.54) is 18.3 Å². The molecule has 9 nitrogen and oxygen atoms in total. The lowest BCUT2D eigenvalue weighted by atomic mass is 10.0. The van der Waals surface area contributed by atoms with Gasteiger partial charge in [-0.15, -0.1) is 5.10 Å². The number of amides is 2. The second kappa shape index (κ2) is 10.8. The van der Waals surface area contributed by atoms with Crippen molar-refractivity contribution in [3.63, 3.8) is 0 Å². The van der Waals surface area contributed by atoms with Gasteiger partial charge in [0.25, 0.3) is 5.91 Å². The minimum atomic E-state index is -4.61. The number of hydrazone groups is 1. The number of anilines is 2. The van der Waals surface area contributed by atoms with Crippen LogP contribution < -0.4 is 15.6 Å². The van der Waals surface area contributed by atoms with E-state index in [1.807, 2.05) is 0 Å². The van der Waals surface area contributed by atoms with Crippen LogP contribution in [0.2, 0.25) is 10.0 Å². The Morgan fingerprint density at radius 1 is 1.32 bits per heavy atom. The van der Waals surface area contributed by atoms with Crippen molar-refractivity contribution in [2.45, 2.75) is 38.0 Å². The molecule has 2 amide bonds. The summed E-state index contributed by atoms with van der Waals surface area (Å²) in [5.74, 6) is -0.944. The molecule has 2 aromatic rings. The number of nitrogens with zero attached hydrogens (tertiary/aromatic N) is 3. The fraction of sp³-hybridized carbons (Fsp3) is 0.391. The number of carbonyl (C=O) groups is 2. The van der Waals surface area contributed by atoms with E-state index in [-0.39, 0.29) is 39.4 Å². The van der Waals surface area contributed by atoms with Gasteiger partial charge in [0.05, 0.1) is 22.7 Å². The van der Waals surface area contributed by atoms with Crippen LogP contribution in [0.1, 0.15) is 29.3 Å². The summed E-state index contributed by atoms with van der Waals surface area (Å²) in [6.45, 7) is 1.80. The first kappa shape index (κ1) is 28.3. The first-order valence-corrected chi connectivity index (χ1v) is 13.4. The van der Waals surface area contributed by atoms with Crippen LogP contribution >= 0.6 is 23.2 Å². The number of carbonyl (C=O) groups excluding carboxylic acids is 2. The number of nitrogens with one attached hydrogen (secondary N) is 2. The highest BCUT2D eigenvalue weighted by Gasteiger charge is 2.46. The van der Waals surface area contributed by atoms with Gasteiger partial charge in [0, 0.05) is 11.2 Å². The molecular weight excluding hydrogens is 570 g/mol. The Balaban J connectivity index is 1.61. The predicted molar refractivity (Wildman–Crippen MR) is 138 cm³/mol. The van der Waals surface area contributed by atoms with Crippen molar-refractivity contribution >= 4 is 63.6 Å². The number of ether oxygens (including phenoxy) is 1. The van der Waals surface area contributed by atoms with Crippen molar-refractivity contribution < 1.29 is 32.0 Å². The van der Waals surface area contributed by atoms with E-state index in [9.17, 15) is 27.3 Å². The van der Waals surface area contributed by atoms with Crippen molar-refractivity contribution in [3.8, 4) is 0 Å². The van der Waals surface area contributed by atoms with Crippen molar-refractivity contribution in [3.05, 3.63) is 51.6 Å². The summed E-state index contributed by atoms with van der Waals surface area (Å²) in [6, 6.07) is 4.77. The molecule has 38 heavy (non-hydrogen) atoms. The average molecular weight is 592 g/mol. The molecule has 2 N–H and O–H groups in total. The lowest BCUT2D eigenvalue weighted by molar-refractivity contribution is -0.156. The molecule has 0 aliphatic carbocycles. The van der Waals surface area contributed by atoms with Crippen molar-refractivity contribution in [1.29, 1.82) is 0 Å². The first-order valence-electron chi connectivity index (χ1n) is 11.2. The van der Waals surface area contributed by atoms with Gasteiger partial charge < -0.3 is 19.9 Å². The molecule has 0 bridgehead atoms. The number of benzene rings is 1. The minimum absolute atomic E-state index is 0.0385. The maximum Gasteiger partial charge on any atom is 0.422 e. The number of aromatic nitrogens is 1. The summed E-state index contributed by atoms with van der Waals surface area (Å²) < 4.78 is 54.6.